The highest BCUT2D eigenvalue weighted by Crippen LogP contribution is 2.48. The van der Waals surface area contributed by atoms with E-state index in [0.717, 1.165) is 88.1 Å². The van der Waals surface area contributed by atoms with E-state index in [-0.39, 0.29) is 0 Å². The van der Waals surface area contributed by atoms with E-state index >= 15 is 0 Å². The van der Waals surface area contributed by atoms with Crippen LogP contribution in [0, 0.1) is 0 Å². The summed E-state index contributed by atoms with van der Waals surface area (Å²) < 4.78 is 22.0. The van der Waals surface area contributed by atoms with E-state index in [0.29, 0.717) is 0 Å². The third-order valence-corrected chi connectivity index (χ3v) is 10.5. The number of furan rings is 3. The maximum absolute atomic E-state index is 6.59. The van der Waals surface area contributed by atoms with Crippen LogP contribution < -0.4 is 0 Å². The fourth-order valence-corrected chi connectivity index (χ4v) is 8.43. The highest BCUT2D eigenvalue weighted by Gasteiger charge is 2.27. The van der Waals surface area contributed by atoms with E-state index in [1.54, 1.807) is 0 Å². The average molecular weight is 640 g/mol. The zero-order chi connectivity index (χ0) is 32.5. The fourth-order valence-electron chi connectivity index (χ4n) is 8.43. The summed E-state index contributed by atoms with van der Waals surface area (Å²) in [4.78, 5) is 0. The Bertz CT molecular complexity index is 3240. The highest BCUT2D eigenvalue weighted by molar-refractivity contribution is 6.25. The minimum absolute atomic E-state index is 0.763. The summed E-state index contributed by atoms with van der Waals surface area (Å²) in [6, 6.07) is 53.6. The Kier molecular flexibility index (Phi) is 4.94. The van der Waals surface area contributed by atoms with Gasteiger partial charge in [0.25, 0.3) is 0 Å². The van der Waals surface area contributed by atoms with E-state index in [1.807, 2.05) is 24.3 Å². The number of fused-ring (bicyclic) bond motifs is 13. The normalized spacial score (nSPS) is 12.4. The first kappa shape index (κ1) is 26.2. The molecule has 0 atom stereocenters. The summed E-state index contributed by atoms with van der Waals surface area (Å²) in [5, 5.41) is 11.4. The van der Waals surface area contributed by atoms with Crippen LogP contribution in [0.4, 0.5) is 0 Å². The maximum atomic E-state index is 6.59. The third kappa shape index (κ3) is 3.34. The molecule has 0 bridgehead atoms. The molecular formula is C46H25NO3. The number of benzene rings is 8. The summed E-state index contributed by atoms with van der Waals surface area (Å²) in [6.45, 7) is 0. The van der Waals surface area contributed by atoms with E-state index in [4.69, 9.17) is 13.3 Å². The van der Waals surface area contributed by atoms with Crippen molar-refractivity contribution in [1.82, 2.24) is 4.57 Å². The molecule has 4 heterocycles. The minimum Gasteiger partial charge on any atom is -0.456 e. The van der Waals surface area contributed by atoms with Crippen molar-refractivity contribution in [2.45, 2.75) is 0 Å². The number of hydrogen-bond donors (Lipinski definition) is 0. The lowest BCUT2D eigenvalue weighted by atomic mass is 9.89. The number of nitrogens with zero attached hydrogens (tertiary/aromatic N) is 1. The van der Waals surface area contributed by atoms with Gasteiger partial charge in [-0.3, -0.25) is 0 Å². The third-order valence-electron chi connectivity index (χ3n) is 10.5. The van der Waals surface area contributed by atoms with Crippen molar-refractivity contribution < 1.29 is 13.3 Å². The van der Waals surface area contributed by atoms with Gasteiger partial charge in [-0.1, -0.05) is 103 Å². The number of para-hydroxylation sites is 2. The largest absolute Gasteiger partial charge is 0.456 e. The summed E-state index contributed by atoms with van der Waals surface area (Å²) in [5.41, 5.74) is 10.5. The van der Waals surface area contributed by atoms with Crippen molar-refractivity contribution in [3.63, 3.8) is 0 Å². The van der Waals surface area contributed by atoms with Gasteiger partial charge in [-0.2, -0.15) is 0 Å². The molecule has 8 aromatic carbocycles. The predicted molar refractivity (Wildman–Crippen MR) is 206 cm³/mol. The molecule has 0 radical (unpaired) electrons. The predicted octanol–water partition coefficient (Wildman–Crippen LogP) is 13.3. The van der Waals surface area contributed by atoms with Gasteiger partial charge in [0.15, 0.2) is 11.2 Å². The van der Waals surface area contributed by atoms with Crippen LogP contribution in [0.2, 0.25) is 0 Å². The van der Waals surface area contributed by atoms with E-state index < -0.39 is 0 Å². The van der Waals surface area contributed by atoms with Gasteiger partial charge in [-0.15, -0.1) is 0 Å². The molecule has 0 aliphatic carbocycles. The van der Waals surface area contributed by atoms with Gasteiger partial charge in [-0.05, 0) is 81.2 Å². The number of aromatic nitrogens is 1. The maximum Gasteiger partial charge on any atom is 0.196 e. The van der Waals surface area contributed by atoms with Crippen molar-refractivity contribution in [3.8, 4) is 16.8 Å². The van der Waals surface area contributed by atoms with Crippen LogP contribution in [-0.2, 0) is 0 Å². The minimum atomic E-state index is 0.763. The van der Waals surface area contributed by atoms with Crippen molar-refractivity contribution in [3.05, 3.63) is 152 Å². The van der Waals surface area contributed by atoms with Crippen LogP contribution in [0.1, 0.15) is 0 Å². The van der Waals surface area contributed by atoms with Crippen LogP contribution in [0.15, 0.2) is 165 Å². The molecule has 0 aliphatic rings. The Balaban J connectivity index is 1.24. The first-order valence-corrected chi connectivity index (χ1v) is 16.9. The summed E-state index contributed by atoms with van der Waals surface area (Å²) >= 11 is 0. The van der Waals surface area contributed by atoms with Gasteiger partial charge in [0.05, 0.1) is 5.69 Å². The molecule has 0 aliphatic heterocycles. The molecule has 50 heavy (non-hydrogen) atoms. The Morgan fingerprint density at radius 1 is 0.340 bits per heavy atom. The van der Waals surface area contributed by atoms with Crippen LogP contribution in [0.25, 0.3) is 115 Å². The first-order chi connectivity index (χ1) is 24.8. The topological polar surface area (TPSA) is 44.4 Å². The Morgan fingerprint density at radius 3 is 1.44 bits per heavy atom. The molecule has 4 heteroatoms. The molecule has 4 nitrogen and oxygen atoms in total. The fraction of sp³-hybridized carbons (Fsp3) is 0. The van der Waals surface area contributed by atoms with Crippen LogP contribution >= 0.6 is 0 Å². The van der Waals surface area contributed by atoms with Crippen molar-refractivity contribution in [2.75, 3.05) is 0 Å². The molecule has 12 aromatic rings. The van der Waals surface area contributed by atoms with Crippen molar-refractivity contribution in [1.29, 1.82) is 0 Å². The number of rotatable bonds is 2. The monoisotopic (exact) mass is 639 g/mol. The first-order valence-electron chi connectivity index (χ1n) is 16.9. The smallest absolute Gasteiger partial charge is 0.196 e. The zero-order valence-electron chi connectivity index (χ0n) is 26.6. The van der Waals surface area contributed by atoms with Gasteiger partial charge in [0.1, 0.15) is 33.4 Å². The second kappa shape index (κ2) is 9.43. The van der Waals surface area contributed by atoms with E-state index in [2.05, 4.69) is 132 Å². The Morgan fingerprint density at radius 2 is 0.820 bits per heavy atom. The molecule has 0 fully saturated rings. The van der Waals surface area contributed by atoms with Gasteiger partial charge >= 0.3 is 0 Å². The molecule has 232 valence electrons. The average Bonchev–Trinajstić information content (AvgIpc) is 3.91. The summed E-state index contributed by atoms with van der Waals surface area (Å²) in [5.74, 6) is 0. The molecule has 0 saturated carbocycles. The SMILES string of the molecule is c1ccc2cc3c(cc2c1)oc1ccc(-c2c4ccccc4c(-n4c5c6ccccc6oc5c5oc6ccccc6c54)c4ccccc24)cc13. The molecule has 0 saturated heterocycles. The lowest BCUT2D eigenvalue weighted by molar-refractivity contribution is 0.634. The van der Waals surface area contributed by atoms with Crippen LogP contribution in [0.5, 0.6) is 0 Å². The van der Waals surface area contributed by atoms with E-state index in [9.17, 15) is 0 Å². The Hall–Kier alpha value is -6.78. The van der Waals surface area contributed by atoms with Crippen LogP contribution in [0.3, 0.4) is 0 Å². The number of hydrogen-bond acceptors (Lipinski definition) is 3. The Labute approximate surface area is 283 Å². The standard InChI is InChI=1S/C46H25NO3/c1-2-12-27-25-40-36(23-26(27)11-1)35-24-28(21-22-39(35)48-40)41-29-13-3-5-15-31(29)42(32-16-6-4-14-30(32)41)47-43-33-17-7-9-19-37(33)49-45(43)46-44(47)34-18-8-10-20-38(34)50-46/h1-25H. The molecule has 12 rings (SSSR count). The van der Waals surface area contributed by atoms with Gasteiger partial charge < -0.3 is 17.8 Å². The van der Waals surface area contributed by atoms with Crippen LogP contribution in [-0.4, -0.2) is 4.57 Å². The van der Waals surface area contributed by atoms with Gasteiger partial charge in [0, 0.05) is 32.3 Å². The van der Waals surface area contributed by atoms with E-state index in [1.165, 1.54) is 27.1 Å². The molecule has 0 amide bonds. The van der Waals surface area contributed by atoms with Crippen molar-refractivity contribution >= 4 is 98.4 Å². The molecule has 0 N–H and O–H groups in total. The highest BCUT2D eigenvalue weighted by atomic mass is 16.4. The second-order valence-corrected chi connectivity index (χ2v) is 13.2. The lowest BCUT2D eigenvalue weighted by Crippen LogP contribution is -1.99. The molecule has 4 aromatic heterocycles. The van der Waals surface area contributed by atoms with Crippen molar-refractivity contribution in [2.24, 2.45) is 0 Å². The van der Waals surface area contributed by atoms with Gasteiger partial charge in [0.2, 0.25) is 0 Å². The second-order valence-electron chi connectivity index (χ2n) is 13.2. The molecular weight excluding hydrogens is 615 g/mol. The van der Waals surface area contributed by atoms with Gasteiger partial charge in [-0.25, -0.2) is 0 Å². The lowest BCUT2D eigenvalue weighted by Gasteiger charge is -2.19. The zero-order valence-corrected chi connectivity index (χ0v) is 26.6. The summed E-state index contributed by atoms with van der Waals surface area (Å²) in [6.07, 6.45) is 0. The quantitative estimate of drug-likeness (QED) is 0.177. The summed E-state index contributed by atoms with van der Waals surface area (Å²) in [7, 11) is 0. The molecule has 0 unspecified atom stereocenters. The molecule has 0 spiro atoms.